The first-order valence-electron chi connectivity index (χ1n) is 20.0. The molecular weight excluding hydrogens is 688 g/mol. The van der Waals surface area contributed by atoms with Crippen LogP contribution in [0.1, 0.15) is 202 Å². The molecule has 0 aliphatic heterocycles. The molecule has 1 rings (SSSR count). The molecule has 0 aromatic heterocycles. The van der Waals surface area contributed by atoms with E-state index in [-0.39, 0.29) is 75.7 Å². The first kappa shape index (κ1) is 50.2. The van der Waals surface area contributed by atoms with Crippen molar-refractivity contribution in [2.24, 2.45) is 0 Å². The van der Waals surface area contributed by atoms with Gasteiger partial charge in [0.2, 0.25) is 0 Å². The van der Waals surface area contributed by atoms with Gasteiger partial charge in [-0.15, -0.1) is 0 Å². The number of hydrogen-bond acceptors (Lipinski definition) is 7. The molecule has 0 spiro atoms. The van der Waals surface area contributed by atoms with Crippen molar-refractivity contribution in [3.05, 3.63) is 53.6 Å². The van der Waals surface area contributed by atoms with Gasteiger partial charge in [0.15, 0.2) is 0 Å². The number of carbonyl (C=O) groups excluding carboxylic acids is 2. The minimum Gasteiger partial charge on any atom is -0.744 e. The van der Waals surface area contributed by atoms with E-state index >= 15 is 0 Å². The standard InChI is InChI=1S/C42H70O7S.K/c1-3-5-7-9-11-13-15-17-19-21-23-25-27-29-31-35-48-41(43)39-34-33-38(50(45,46)47)37-40(39)42(44)49-36-32-30-28-26-24-22-20-18-16-14-12-10-8-6-4-2;/h19-22,33-34,37H,3-18,23-32,35-36H2,1-2H3,(H,45,46,47);/q;+1/p-1/b21-19+,22-20+;. The van der Waals surface area contributed by atoms with Crippen molar-refractivity contribution in [2.45, 2.75) is 186 Å². The van der Waals surface area contributed by atoms with Gasteiger partial charge in [0.25, 0.3) is 0 Å². The van der Waals surface area contributed by atoms with E-state index in [1.165, 1.54) is 89.9 Å². The molecule has 0 aliphatic carbocycles. The second-order valence-corrected chi connectivity index (χ2v) is 15.0. The molecule has 1 aromatic carbocycles. The van der Waals surface area contributed by atoms with Gasteiger partial charge in [-0.3, -0.25) is 0 Å². The second-order valence-electron chi connectivity index (χ2n) is 13.6. The van der Waals surface area contributed by atoms with Gasteiger partial charge >= 0.3 is 63.3 Å². The normalized spacial score (nSPS) is 11.7. The van der Waals surface area contributed by atoms with Gasteiger partial charge in [0.1, 0.15) is 10.1 Å². The zero-order valence-electron chi connectivity index (χ0n) is 32.6. The Morgan fingerprint density at radius 2 is 0.863 bits per heavy atom. The Balaban J connectivity index is 0.0000250. The molecule has 0 N–H and O–H groups in total. The summed E-state index contributed by atoms with van der Waals surface area (Å²) in [6, 6.07) is 3.10. The third kappa shape index (κ3) is 28.3. The average Bonchev–Trinajstić information content (AvgIpc) is 3.10. The molecule has 1 aromatic rings. The first-order chi connectivity index (χ1) is 24.3. The molecule has 51 heavy (non-hydrogen) atoms. The van der Waals surface area contributed by atoms with Crippen LogP contribution in [0.2, 0.25) is 0 Å². The van der Waals surface area contributed by atoms with E-state index in [9.17, 15) is 22.6 Å². The van der Waals surface area contributed by atoms with Crippen LogP contribution < -0.4 is 51.4 Å². The molecule has 0 saturated carbocycles. The monoisotopic (exact) mass is 756 g/mol. The maximum Gasteiger partial charge on any atom is 1.00 e. The molecule has 0 bridgehead atoms. The summed E-state index contributed by atoms with van der Waals surface area (Å²) in [6.45, 7) is 4.82. The van der Waals surface area contributed by atoms with Crippen LogP contribution in [0.5, 0.6) is 0 Å². The molecule has 0 aliphatic rings. The number of allylic oxidation sites excluding steroid dienone is 4. The van der Waals surface area contributed by atoms with Crippen LogP contribution in [-0.2, 0) is 19.6 Å². The Labute approximate surface area is 354 Å². The summed E-state index contributed by atoms with van der Waals surface area (Å²) < 4.78 is 45.6. The Hall–Kier alpha value is -0.814. The van der Waals surface area contributed by atoms with Gasteiger partial charge in [0.05, 0.1) is 29.2 Å². The van der Waals surface area contributed by atoms with Crippen molar-refractivity contribution in [3.8, 4) is 0 Å². The summed E-state index contributed by atoms with van der Waals surface area (Å²) in [5.74, 6) is -1.57. The molecule has 0 fully saturated rings. The van der Waals surface area contributed by atoms with E-state index in [1.807, 2.05) is 0 Å². The minimum atomic E-state index is -4.82. The number of rotatable bonds is 33. The maximum atomic E-state index is 12.9. The number of benzene rings is 1. The van der Waals surface area contributed by atoms with Crippen LogP contribution >= 0.6 is 0 Å². The van der Waals surface area contributed by atoms with Crippen LogP contribution in [0, 0.1) is 0 Å². The summed E-state index contributed by atoms with van der Waals surface area (Å²) in [5, 5.41) is 0. The van der Waals surface area contributed by atoms with E-state index < -0.39 is 27.0 Å². The third-order valence-corrected chi connectivity index (χ3v) is 9.83. The van der Waals surface area contributed by atoms with Crippen LogP contribution in [0.15, 0.2) is 47.4 Å². The first-order valence-corrected chi connectivity index (χ1v) is 21.5. The van der Waals surface area contributed by atoms with E-state index in [0.717, 1.165) is 82.4 Å². The van der Waals surface area contributed by atoms with E-state index in [2.05, 4.69) is 38.2 Å². The molecule has 286 valence electrons. The van der Waals surface area contributed by atoms with Crippen LogP contribution in [0.4, 0.5) is 0 Å². The average molecular weight is 757 g/mol. The summed E-state index contributed by atoms with van der Waals surface area (Å²) in [7, 11) is -4.82. The van der Waals surface area contributed by atoms with Crippen molar-refractivity contribution in [3.63, 3.8) is 0 Å². The third-order valence-electron chi connectivity index (χ3n) is 9.00. The van der Waals surface area contributed by atoms with Crippen LogP contribution in [0.3, 0.4) is 0 Å². The quantitative estimate of drug-likeness (QED) is 0.0231. The second kappa shape index (κ2) is 34.9. The van der Waals surface area contributed by atoms with Gasteiger partial charge in [-0.25, -0.2) is 18.0 Å². The SMILES string of the molecule is CCCCCCCCC/C=C/CCCCCCOC(=O)c1ccc(S(=O)(=O)[O-])cc1C(=O)OCCCCCC/C=C/CCCCCCCCC.[K+]. The molecule has 0 unspecified atom stereocenters. The van der Waals surface area contributed by atoms with Crippen LogP contribution in [-0.4, -0.2) is 38.1 Å². The van der Waals surface area contributed by atoms with Crippen molar-refractivity contribution < 1.29 is 83.4 Å². The molecule has 0 saturated heterocycles. The molecule has 7 nitrogen and oxygen atoms in total. The van der Waals surface area contributed by atoms with Gasteiger partial charge in [-0.2, -0.15) is 0 Å². The molecule has 0 heterocycles. The maximum absolute atomic E-state index is 12.9. The number of unbranched alkanes of at least 4 members (excludes halogenated alkanes) is 22. The van der Waals surface area contributed by atoms with Gasteiger partial charge in [-0.05, 0) is 82.4 Å². The molecule has 9 heteroatoms. The summed E-state index contributed by atoms with van der Waals surface area (Å²) >= 11 is 0. The predicted molar refractivity (Wildman–Crippen MR) is 205 cm³/mol. The zero-order chi connectivity index (χ0) is 36.5. The van der Waals surface area contributed by atoms with Crippen molar-refractivity contribution in [1.29, 1.82) is 0 Å². The van der Waals surface area contributed by atoms with Gasteiger partial charge in [-0.1, -0.05) is 141 Å². The largest absolute Gasteiger partial charge is 1.00 e. The molecular formula is C42H69KO7S. The molecule has 0 amide bonds. The van der Waals surface area contributed by atoms with E-state index in [4.69, 9.17) is 9.47 Å². The minimum absolute atomic E-state index is 0. The van der Waals surface area contributed by atoms with Crippen molar-refractivity contribution in [1.82, 2.24) is 0 Å². The number of carbonyl (C=O) groups is 2. The summed E-state index contributed by atoms with van der Waals surface area (Å²) in [5.41, 5.74) is -0.363. The van der Waals surface area contributed by atoms with Crippen molar-refractivity contribution >= 4 is 22.1 Å². The fraction of sp³-hybridized carbons (Fsp3) is 0.714. The Morgan fingerprint density at radius 3 is 1.24 bits per heavy atom. The molecule has 0 atom stereocenters. The summed E-state index contributed by atoms with van der Waals surface area (Å²) in [6.07, 6.45) is 39.4. The Kier molecular flexibility index (Phi) is 34.4. The van der Waals surface area contributed by atoms with Crippen LogP contribution in [0.25, 0.3) is 0 Å². The molecule has 0 radical (unpaired) electrons. The number of hydrogen-bond donors (Lipinski definition) is 0. The predicted octanol–water partition coefficient (Wildman–Crippen LogP) is 9.20. The van der Waals surface area contributed by atoms with Gasteiger partial charge < -0.3 is 14.0 Å². The number of esters is 2. The fourth-order valence-corrected chi connectivity index (χ4v) is 6.35. The number of ether oxygens (including phenoxy) is 2. The zero-order valence-corrected chi connectivity index (χ0v) is 36.5. The summed E-state index contributed by atoms with van der Waals surface area (Å²) in [4.78, 5) is 25.1. The smallest absolute Gasteiger partial charge is 0.744 e. The Morgan fingerprint density at radius 1 is 0.529 bits per heavy atom. The Bertz CT molecular complexity index is 1180. The van der Waals surface area contributed by atoms with Gasteiger partial charge in [0, 0.05) is 0 Å². The fourth-order valence-electron chi connectivity index (χ4n) is 5.86. The van der Waals surface area contributed by atoms with E-state index in [1.54, 1.807) is 0 Å². The van der Waals surface area contributed by atoms with E-state index in [0.29, 0.717) is 12.8 Å². The topological polar surface area (TPSA) is 110 Å². The van der Waals surface area contributed by atoms with Crippen molar-refractivity contribution in [2.75, 3.05) is 13.2 Å².